The molecule has 1 saturated carbocycles. The van der Waals surface area contributed by atoms with Crippen molar-refractivity contribution in [3.05, 3.63) is 29.3 Å². The monoisotopic (exact) mass is 247 g/mol. The Labute approximate surface area is 110 Å². The summed E-state index contributed by atoms with van der Waals surface area (Å²) in [5, 5.41) is 13.8. The molecule has 0 heterocycles. The largest absolute Gasteiger partial charge is 0.507 e. The van der Waals surface area contributed by atoms with Gasteiger partial charge < -0.3 is 10.4 Å². The first-order chi connectivity index (χ1) is 8.68. The van der Waals surface area contributed by atoms with Crippen LogP contribution in [0, 0.1) is 0 Å². The van der Waals surface area contributed by atoms with Gasteiger partial charge in [0.1, 0.15) is 5.75 Å². The van der Waals surface area contributed by atoms with Gasteiger partial charge in [-0.3, -0.25) is 0 Å². The lowest BCUT2D eigenvalue weighted by Gasteiger charge is -2.23. The number of phenols is 1. The highest BCUT2D eigenvalue weighted by Gasteiger charge is 2.14. The van der Waals surface area contributed by atoms with Gasteiger partial charge in [-0.15, -0.1) is 0 Å². The molecule has 2 rings (SSSR count). The summed E-state index contributed by atoms with van der Waals surface area (Å²) in [5.41, 5.74) is 2.09. The van der Waals surface area contributed by atoms with E-state index in [-0.39, 0.29) is 0 Å². The van der Waals surface area contributed by atoms with Crippen molar-refractivity contribution in [2.75, 3.05) is 0 Å². The molecular weight excluding hydrogens is 222 g/mol. The van der Waals surface area contributed by atoms with E-state index in [2.05, 4.69) is 19.2 Å². The van der Waals surface area contributed by atoms with Gasteiger partial charge in [0.2, 0.25) is 0 Å². The lowest BCUT2D eigenvalue weighted by atomic mass is 9.95. The summed E-state index contributed by atoms with van der Waals surface area (Å²) in [6, 6.07) is 6.73. The number of rotatable bonds is 4. The van der Waals surface area contributed by atoms with Crippen LogP contribution in [0.25, 0.3) is 0 Å². The van der Waals surface area contributed by atoms with Crippen LogP contribution in [0.1, 0.15) is 63.0 Å². The predicted molar refractivity (Wildman–Crippen MR) is 75.9 cm³/mol. The van der Waals surface area contributed by atoms with Crippen molar-refractivity contribution >= 4 is 0 Å². The summed E-state index contributed by atoms with van der Waals surface area (Å²) in [6.45, 7) is 5.03. The molecule has 0 saturated heterocycles. The lowest BCUT2D eigenvalue weighted by molar-refractivity contribution is 0.368. The van der Waals surface area contributed by atoms with Crippen LogP contribution in [0.2, 0.25) is 0 Å². The molecule has 0 spiro atoms. The van der Waals surface area contributed by atoms with Crippen LogP contribution >= 0.6 is 0 Å². The summed E-state index contributed by atoms with van der Waals surface area (Å²) >= 11 is 0. The summed E-state index contributed by atoms with van der Waals surface area (Å²) < 4.78 is 0. The molecule has 100 valence electrons. The minimum Gasteiger partial charge on any atom is -0.507 e. The minimum atomic E-state index is 0.375. The summed E-state index contributed by atoms with van der Waals surface area (Å²) in [4.78, 5) is 0. The first-order valence-electron chi connectivity index (χ1n) is 7.22. The van der Waals surface area contributed by atoms with E-state index in [1.54, 1.807) is 0 Å². The Kier molecular flexibility index (Phi) is 4.65. The summed E-state index contributed by atoms with van der Waals surface area (Å²) in [6.07, 6.45) is 6.63. The molecule has 0 amide bonds. The van der Waals surface area contributed by atoms with Crippen LogP contribution in [0.4, 0.5) is 0 Å². The van der Waals surface area contributed by atoms with E-state index in [0.29, 0.717) is 17.7 Å². The van der Waals surface area contributed by atoms with Crippen LogP contribution in [-0.2, 0) is 6.54 Å². The first kappa shape index (κ1) is 13.4. The molecule has 2 nitrogen and oxygen atoms in total. The standard InChI is InChI=1S/C16H25NO/c1-12(2)15-10-6-7-13(16(15)18)11-17-14-8-4-3-5-9-14/h6-7,10,12,14,17-18H,3-5,8-9,11H2,1-2H3. The Balaban J connectivity index is 1.98. The summed E-state index contributed by atoms with van der Waals surface area (Å²) in [7, 11) is 0. The van der Waals surface area contributed by atoms with E-state index < -0.39 is 0 Å². The van der Waals surface area contributed by atoms with Crippen molar-refractivity contribution in [2.24, 2.45) is 0 Å². The second kappa shape index (κ2) is 6.24. The van der Waals surface area contributed by atoms with Gasteiger partial charge in [0, 0.05) is 18.2 Å². The Morgan fingerprint density at radius 1 is 1.22 bits per heavy atom. The summed E-state index contributed by atoms with van der Waals surface area (Å²) in [5.74, 6) is 0.857. The number of nitrogens with one attached hydrogen (secondary N) is 1. The van der Waals surface area contributed by atoms with E-state index >= 15 is 0 Å². The van der Waals surface area contributed by atoms with Crippen LogP contribution in [0.3, 0.4) is 0 Å². The third-order valence-electron chi connectivity index (χ3n) is 3.96. The molecule has 0 atom stereocenters. The van der Waals surface area contributed by atoms with Gasteiger partial charge in [0.25, 0.3) is 0 Å². The fourth-order valence-electron chi connectivity index (χ4n) is 2.78. The highest BCUT2D eigenvalue weighted by atomic mass is 16.3. The number of hydrogen-bond acceptors (Lipinski definition) is 2. The highest BCUT2D eigenvalue weighted by Crippen LogP contribution is 2.29. The van der Waals surface area contributed by atoms with E-state index in [9.17, 15) is 5.11 Å². The molecule has 2 heteroatoms. The van der Waals surface area contributed by atoms with Gasteiger partial charge >= 0.3 is 0 Å². The molecule has 1 aliphatic carbocycles. The zero-order chi connectivity index (χ0) is 13.0. The lowest BCUT2D eigenvalue weighted by Crippen LogP contribution is -2.30. The molecule has 2 N–H and O–H groups in total. The normalized spacial score (nSPS) is 17.3. The number of hydrogen-bond donors (Lipinski definition) is 2. The van der Waals surface area contributed by atoms with Crippen LogP contribution < -0.4 is 5.32 Å². The predicted octanol–water partition coefficient (Wildman–Crippen LogP) is 3.94. The third kappa shape index (κ3) is 3.26. The van der Waals surface area contributed by atoms with Crippen LogP contribution in [-0.4, -0.2) is 11.1 Å². The van der Waals surface area contributed by atoms with Gasteiger partial charge in [0.15, 0.2) is 0 Å². The van der Waals surface area contributed by atoms with Crippen molar-refractivity contribution in [1.82, 2.24) is 5.32 Å². The van der Waals surface area contributed by atoms with E-state index in [1.165, 1.54) is 32.1 Å². The second-order valence-electron chi connectivity index (χ2n) is 5.73. The second-order valence-corrected chi connectivity index (χ2v) is 5.73. The fourth-order valence-corrected chi connectivity index (χ4v) is 2.78. The van der Waals surface area contributed by atoms with Gasteiger partial charge in [-0.25, -0.2) is 0 Å². The topological polar surface area (TPSA) is 32.3 Å². The van der Waals surface area contributed by atoms with Crippen molar-refractivity contribution in [3.8, 4) is 5.75 Å². The molecule has 1 fully saturated rings. The fraction of sp³-hybridized carbons (Fsp3) is 0.625. The smallest absolute Gasteiger partial charge is 0.123 e. The van der Waals surface area contributed by atoms with Crippen molar-refractivity contribution in [2.45, 2.75) is 64.5 Å². The van der Waals surface area contributed by atoms with Gasteiger partial charge in [-0.1, -0.05) is 51.3 Å². The van der Waals surface area contributed by atoms with Crippen LogP contribution in [0.15, 0.2) is 18.2 Å². The maximum absolute atomic E-state index is 10.2. The average Bonchev–Trinajstić information content (AvgIpc) is 2.38. The molecule has 0 aliphatic heterocycles. The Bertz CT molecular complexity index is 381. The molecule has 0 aromatic heterocycles. The highest BCUT2D eigenvalue weighted by molar-refractivity contribution is 5.41. The Morgan fingerprint density at radius 3 is 2.61 bits per heavy atom. The maximum Gasteiger partial charge on any atom is 0.123 e. The number of para-hydroxylation sites is 1. The van der Waals surface area contributed by atoms with Crippen LogP contribution in [0.5, 0.6) is 5.75 Å². The molecule has 0 radical (unpaired) electrons. The SMILES string of the molecule is CC(C)c1cccc(CNC2CCCCC2)c1O. The number of aromatic hydroxyl groups is 1. The van der Waals surface area contributed by atoms with Crippen molar-refractivity contribution in [1.29, 1.82) is 0 Å². The molecule has 1 aliphatic rings. The molecule has 1 aromatic rings. The van der Waals surface area contributed by atoms with Gasteiger partial charge in [-0.05, 0) is 24.3 Å². The quantitative estimate of drug-likeness (QED) is 0.844. The Hall–Kier alpha value is -1.02. The third-order valence-corrected chi connectivity index (χ3v) is 3.96. The van der Waals surface area contributed by atoms with Crippen molar-refractivity contribution < 1.29 is 5.11 Å². The van der Waals surface area contributed by atoms with E-state index in [1.807, 2.05) is 18.2 Å². The molecule has 1 aromatic carbocycles. The zero-order valence-electron chi connectivity index (χ0n) is 11.6. The molecular formula is C16H25NO. The number of benzene rings is 1. The van der Waals surface area contributed by atoms with Gasteiger partial charge in [0.05, 0.1) is 0 Å². The molecule has 18 heavy (non-hydrogen) atoms. The molecule has 0 bridgehead atoms. The van der Waals surface area contributed by atoms with E-state index in [0.717, 1.165) is 17.7 Å². The first-order valence-corrected chi connectivity index (χ1v) is 7.22. The zero-order valence-corrected chi connectivity index (χ0v) is 11.6. The van der Waals surface area contributed by atoms with Crippen molar-refractivity contribution in [3.63, 3.8) is 0 Å². The van der Waals surface area contributed by atoms with E-state index in [4.69, 9.17) is 0 Å². The Morgan fingerprint density at radius 2 is 1.94 bits per heavy atom. The average molecular weight is 247 g/mol. The number of phenolic OH excluding ortho intramolecular Hbond substituents is 1. The van der Waals surface area contributed by atoms with Gasteiger partial charge in [-0.2, -0.15) is 0 Å². The maximum atomic E-state index is 10.2. The molecule has 0 unspecified atom stereocenters. The minimum absolute atomic E-state index is 0.375.